The molecule has 1 aliphatic heterocycles. The number of amides is 1. The molecule has 2 aliphatic rings. The van der Waals surface area contributed by atoms with Crippen molar-refractivity contribution >= 4 is 21.6 Å². The minimum atomic E-state index is -3.01. The zero-order chi connectivity index (χ0) is 17.2. The van der Waals surface area contributed by atoms with Crippen molar-refractivity contribution in [2.24, 2.45) is 0 Å². The van der Waals surface area contributed by atoms with Crippen molar-refractivity contribution in [2.75, 3.05) is 23.4 Å². The third-order valence-corrected chi connectivity index (χ3v) is 6.72. The molecular weight excluding hydrogens is 326 g/mol. The standard InChI is InChI=1S/C17H25N3O3S/c1-2-20(15-9-10-24(22,23)12-15)17(21)13-7-8-16(18-11-13)19-14-5-3-4-6-14/h7-8,11,14-15H,2-6,9-10,12H2,1H3,(H,18,19). The molecule has 3 rings (SSSR count). The van der Waals surface area contributed by atoms with Crippen LogP contribution in [0.3, 0.4) is 0 Å². The predicted molar refractivity (Wildman–Crippen MR) is 93.9 cm³/mol. The molecule has 1 aliphatic carbocycles. The fourth-order valence-electron chi connectivity index (χ4n) is 3.64. The highest BCUT2D eigenvalue weighted by molar-refractivity contribution is 7.91. The van der Waals surface area contributed by atoms with Gasteiger partial charge in [-0.1, -0.05) is 12.8 Å². The van der Waals surface area contributed by atoms with Gasteiger partial charge in [0.15, 0.2) is 9.84 Å². The summed E-state index contributed by atoms with van der Waals surface area (Å²) in [6.45, 7) is 2.38. The lowest BCUT2D eigenvalue weighted by Gasteiger charge is -2.26. The van der Waals surface area contributed by atoms with E-state index in [1.54, 1.807) is 17.2 Å². The summed E-state index contributed by atoms with van der Waals surface area (Å²) < 4.78 is 23.3. The molecule has 24 heavy (non-hydrogen) atoms. The normalized spacial score (nSPS) is 23.3. The molecule has 0 radical (unpaired) electrons. The number of carbonyl (C=O) groups is 1. The molecular formula is C17H25N3O3S. The summed E-state index contributed by atoms with van der Waals surface area (Å²) in [6.07, 6.45) is 6.96. The van der Waals surface area contributed by atoms with E-state index in [2.05, 4.69) is 10.3 Å². The molecule has 0 aromatic carbocycles. The Morgan fingerprint density at radius 3 is 2.58 bits per heavy atom. The summed E-state index contributed by atoms with van der Waals surface area (Å²) >= 11 is 0. The highest BCUT2D eigenvalue weighted by atomic mass is 32.2. The number of anilines is 1. The lowest BCUT2D eigenvalue weighted by atomic mass is 10.1. The molecule has 1 unspecified atom stereocenters. The Bertz CT molecular complexity index is 682. The maximum absolute atomic E-state index is 12.7. The fraction of sp³-hybridized carbons (Fsp3) is 0.647. The van der Waals surface area contributed by atoms with E-state index in [0.717, 1.165) is 5.82 Å². The quantitative estimate of drug-likeness (QED) is 0.879. The molecule has 1 atom stereocenters. The minimum Gasteiger partial charge on any atom is -0.367 e. The monoisotopic (exact) mass is 351 g/mol. The van der Waals surface area contributed by atoms with E-state index in [0.29, 0.717) is 24.6 Å². The Hall–Kier alpha value is -1.63. The van der Waals surface area contributed by atoms with Crippen LogP contribution >= 0.6 is 0 Å². The molecule has 1 aromatic heterocycles. The van der Waals surface area contributed by atoms with Crippen LogP contribution in [-0.2, 0) is 9.84 Å². The minimum absolute atomic E-state index is 0.0708. The zero-order valence-corrected chi connectivity index (χ0v) is 14.9. The van der Waals surface area contributed by atoms with Gasteiger partial charge in [-0.2, -0.15) is 0 Å². The molecule has 1 saturated heterocycles. The van der Waals surface area contributed by atoms with Crippen LogP contribution in [0.25, 0.3) is 0 Å². The fourth-order valence-corrected chi connectivity index (χ4v) is 5.37. The van der Waals surface area contributed by atoms with Gasteiger partial charge in [-0.25, -0.2) is 13.4 Å². The van der Waals surface area contributed by atoms with Crippen molar-refractivity contribution in [1.82, 2.24) is 9.88 Å². The van der Waals surface area contributed by atoms with Gasteiger partial charge in [-0.05, 0) is 38.3 Å². The zero-order valence-electron chi connectivity index (χ0n) is 14.1. The van der Waals surface area contributed by atoms with Crippen molar-refractivity contribution in [3.05, 3.63) is 23.9 Å². The van der Waals surface area contributed by atoms with E-state index in [1.807, 2.05) is 13.0 Å². The summed E-state index contributed by atoms with van der Waals surface area (Å²) in [7, 11) is -3.01. The number of pyridine rings is 1. The second-order valence-corrected chi connectivity index (χ2v) is 8.93. The number of hydrogen-bond acceptors (Lipinski definition) is 5. The van der Waals surface area contributed by atoms with Gasteiger partial charge in [-0.15, -0.1) is 0 Å². The second kappa shape index (κ2) is 7.09. The van der Waals surface area contributed by atoms with Gasteiger partial charge < -0.3 is 10.2 Å². The molecule has 0 spiro atoms. The van der Waals surface area contributed by atoms with Gasteiger partial charge in [0.25, 0.3) is 5.91 Å². The molecule has 2 fully saturated rings. The average molecular weight is 351 g/mol. The maximum atomic E-state index is 12.7. The van der Waals surface area contributed by atoms with Gasteiger partial charge in [0.2, 0.25) is 0 Å². The molecule has 6 nitrogen and oxygen atoms in total. The van der Waals surface area contributed by atoms with Crippen molar-refractivity contribution in [2.45, 2.75) is 51.1 Å². The number of aromatic nitrogens is 1. The Morgan fingerprint density at radius 2 is 2.04 bits per heavy atom. The van der Waals surface area contributed by atoms with Crippen molar-refractivity contribution < 1.29 is 13.2 Å². The smallest absolute Gasteiger partial charge is 0.255 e. The van der Waals surface area contributed by atoms with Crippen molar-refractivity contribution in [3.63, 3.8) is 0 Å². The maximum Gasteiger partial charge on any atom is 0.255 e. The van der Waals surface area contributed by atoms with E-state index in [4.69, 9.17) is 0 Å². The lowest BCUT2D eigenvalue weighted by Crippen LogP contribution is -2.41. The Morgan fingerprint density at radius 1 is 1.29 bits per heavy atom. The third-order valence-electron chi connectivity index (χ3n) is 4.97. The van der Waals surface area contributed by atoms with Crippen LogP contribution in [-0.4, -0.2) is 54.3 Å². The number of nitrogens with zero attached hydrogens (tertiary/aromatic N) is 2. The Balaban J connectivity index is 1.66. The van der Waals surface area contributed by atoms with E-state index in [-0.39, 0.29) is 23.5 Å². The number of sulfone groups is 1. The van der Waals surface area contributed by atoms with Gasteiger partial charge in [0.05, 0.1) is 17.1 Å². The second-order valence-electron chi connectivity index (χ2n) is 6.71. The summed E-state index contributed by atoms with van der Waals surface area (Å²) in [4.78, 5) is 18.7. The van der Waals surface area contributed by atoms with E-state index in [9.17, 15) is 13.2 Å². The molecule has 7 heteroatoms. The van der Waals surface area contributed by atoms with Crippen LogP contribution in [0.15, 0.2) is 18.3 Å². The van der Waals surface area contributed by atoms with Crippen LogP contribution in [0.1, 0.15) is 49.4 Å². The average Bonchev–Trinajstić information content (AvgIpc) is 3.18. The van der Waals surface area contributed by atoms with Crippen LogP contribution in [0, 0.1) is 0 Å². The first-order valence-corrected chi connectivity index (χ1v) is 10.5. The van der Waals surface area contributed by atoms with Gasteiger partial charge in [0.1, 0.15) is 5.82 Å². The van der Waals surface area contributed by atoms with Crippen LogP contribution in [0.5, 0.6) is 0 Å². The van der Waals surface area contributed by atoms with E-state index >= 15 is 0 Å². The predicted octanol–water partition coefficient (Wildman–Crippen LogP) is 2.09. The van der Waals surface area contributed by atoms with Crippen molar-refractivity contribution in [3.8, 4) is 0 Å². The summed E-state index contributed by atoms with van der Waals surface area (Å²) in [5.41, 5.74) is 0.512. The Labute approximate surface area is 143 Å². The number of rotatable bonds is 5. The molecule has 0 bridgehead atoms. The third kappa shape index (κ3) is 3.88. The lowest BCUT2D eigenvalue weighted by molar-refractivity contribution is 0.0708. The van der Waals surface area contributed by atoms with Crippen LogP contribution in [0.2, 0.25) is 0 Å². The van der Waals surface area contributed by atoms with Crippen molar-refractivity contribution in [1.29, 1.82) is 0 Å². The molecule has 1 aromatic rings. The molecule has 132 valence electrons. The first-order chi connectivity index (χ1) is 11.5. The Kier molecular flexibility index (Phi) is 5.08. The topological polar surface area (TPSA) is 79.4 Å². The SMILES string of the molecule is CCN(C(=O)c1ccc(NC2CCCC2)nc1)C1CCS(=O)(=O)C1. The highest BCUT2D eigenvalue weighted by Crippen LogP contribution is 2.22. The van der Waals surface area contributed by atoms with E-state index in [1.165, 1.54) is 25.7 Å². The number of hydrogen-bond donors (Lipinski definition) is 1. The highest BCUT2D eigenvalue weighted by Gasteiger charge is 2.34. The number of carbonyl (C=O) groups excluding carboxylic acids is 1. The summed E-state index contributed by atoms with van der Waals surface area (Å²) in [6, 6.07) is 3.88. The number of nitrogens with one attached hydrogen (secondary N) is 1. The van der Waals surface area contributed by atoms with Gasteiger partial charge in [-0.3, -0.25) is 4.79 Å². The first kappa shape index (κ1) is 17.2. The summed E-state index contributed by atoms with van der Waals surface area (Å²) in [5.74, 6) is 0.898. The van der Waals surface area contributed by atoms with Gasteiger partial charge in [0, 0.05) is 24.8 Å². The molecule has 1 saturated carbocycles. The molecule has 2 heterocycles. The molecule has 1 amide bonds. The first-order valence-electron chi connectivity index (χ1n) is 8.72. The van der Waals surface area contributed by atoms with Crippen LogP contribution < -0.4 is 5.32 Å². The van der Waals surface area contributed by atoms with E-state index < -0.39 is 9.84 Å². The summed E-state index contributed by atoms with van der Waals surface area (Å²) in [5, 5.41) is 3.40. The van der Waals surface area contributed by atoms with Gasteiger partial charge >= 0.3 is 0 Å². The molecule has 1 N–H and O–H groups in total. The van der Waals surface area contributed by atoms with Crippen LogP contribution in [0.4, 0.5) is 5.82 Å². The largest absolute Gasteiger partial charge is 0.367 e.